The van der Waals surface area contributed by atoms with E-state index in [1.807, 2.05) is 0 Å². The van der Waals surface area contributed by atoms with Crippen molar-refractivity contribution in [1.29, 1.82) is 0 Å². The third-order valence-corrected chi connectivity index (χ3v) is 9.93. The van der Waals surface area contributed by atoms with E-state index in [2.05, 4.69) is 53.2 Å². The first-order valence-corrected chi connectivity index (χ1v) is 20.6. The summed E-state index contributed by atoms with van der Waals surface area (Å²) in [6.45, 7) is 0.872. The van der Waals surface area contributed by atoms with Gasteiger partial charge in [-0.3, -0.25) is 47.9 Å². The zero-order valence-corrected chi connectivity index (χ0v) is 33.4. The van der Waals surface area contributed by atoms with Crippen LogP contribution in [0, 0.1) is 0 Å². The zero-order valence-electron chi connectivity index (χ0n) is 33.4. The van der Waals surface area contributed by atoms with Crippen LogP contribution in [-0.2, 0) is 47.9 Å². The van der Waals surface area contributed by atoms with Gasteiger partial charge in [0.25, 0.3) is 0 Å². The average Bonchev–Trinajstić information content (AvgIpc) is 3.14. The Bertz CT molecular complexity index is 1350. The molecule has 4 atom stereocenters. The highest BCUT2D eigenvalue weighted by molar-refractivity contribution is 5.85. The first kappa shape index (κ1) is 47.1. The van der Waals surface area contributed by atoms with E-state index >= 15 is 0 Å². The summed E-state index contributed by atoms with van der Waals surface area (Å²) in [7, 11) is 0. The van der Waals surface area contributed by atoms with E-state index in [9.17, 15) is 47.9 Å². The van der Waals surface area contributed by atoms with Gasteiger partial charge in [0, 0.05) is 128 Å². The molecular weight excluding hydrogens is 756 g/mol. The molecule has 3 fully saturated rings. The molecule has 0 aromatic rings. The molecule has 3 saturated heterocycles. The smallest absolute Gasteiger partial charge is 0.222 e. The summed E-state index contributed by atoms with van der Waals surface area (Å²) in [6, 6.07) is -2.57. The molecule has 3 heterocycles. The van der Waals surface area contributed by atoms with Crippen molar-refractivity contribution in [2.75, 3.05) is 39.3 Å². The molecule has 3 aliphatic rings. The first-order valence-electron chi connectivity index (χ1n) is 20.6. The van der Waals surface area contributed by atoms with Gasteiger partial charge in [0.2, 0.25) is 59.1 Å². The van der Waals surface area contributed by atoms with Gasteiger partial charge in [0.15, 0.2) is 0 Å². The first-order chi connectivity index (χ1) is 27.8. The minimum absolute atomic E-state index is 0.00109. The van der Waals surface area contributed by atoms with Crippen LogP contribution in [0.15, 0.2) is 0 Å². The van der Waals surface area contributed by atoms with Crippen LogP contribution in [0.1, 0.15) is 116 Å². The topological polar surface area (TPSA) is 291 Å². The molecule has 10 amide bonds. The lowest BCUT2D eigenvalue weighted by molar-refractivity contribution is -0.128. The maximum atomic E-state index is 13.3. The second-order valence-electron chi connectivity index (χ2n) is 15.0. The Morgan fingerprint density at radius 1 is 0.259 bits per heavy atom. The summed E-state index contributed by atoms with van der Waals surface area (Å²) in [5, 5.41) is 27.8. The molecule has 58 heavy (non-hydrogen) atoms. The minimum atomic E-state index is -0.703. The maximum absolute atomic E-state index is 13.3. The van der Waals surface area contributed by atoms with Crippen molar-refractivity contribution in [2.45, 2.75) is 140 Å². The molecule has 0 aliphatic carbocycles. The van der Waals surface area contributed by atoms with Crippen LogP contribution in [0.3, 0.4) is 0 Å². The number of carbonyl (C=O) groups excluding carboxylic acids is 10. The van der Waals surface area contributed by atoms with E-state index in [1.165, 1.54) is 0 Å². The number of fused-ring (bicyclic) bond motifs is 8. The fourth-order valence-corrected chi connectivity index (χ4v) is 6.83. The van der Waals surface area contributed by atoms with Gasteiger partial charge in [-0.1, -0.05) is 0 Å². The summed E-state index contributed by atoms with van der Waals surface area (Å²) >= 11 is 0. The van der Waals surface area contributed by atoms with Crippen LogP contribution in [0.25, 0.3) is 0 Å². The quantitative estimate of drug-likeness (QED) is 0.125. The highest BCUT2D eigenvalue weighted by Gasteiger charge is 2.24. The second-order valence-corrected chi connectivity index (χ2v) is 15.0. The maximum Gasteiger partial charge on any atom is 0.222 e. The number of nitrogens with one attached hydrogen (secondary N) is 10. The minimum Gasteiger partial charge on any atom is -0.356 e. The van der Waals surface area contributed by atoms with Crippen molar-refractivity contribution in [1.82, 2.24) is 53.2 Å². The van der Waals surface area contributed by atoms with Gasteiger partial charge in [0.1, 0.15) is 0 Å². The average molecular weight is 819 g/mol. The van der Waals surface area contributed by atoms with E-state index < -0.39 is 47.8 Å². The fourth-order valence-electron chi connectivity index (χ4n) is 6.83. The number of carbonyl (C=O) groups is 10. The Balaban J connectivity index is 1.76. The molecule has 3 aliphatic heterocycles. The van der Waals surface area contributed by atoms with Crippen molar-refractivity contribution in [2.24, 2.45) is 0 Å². The number of hydrogen-bond acceptors (Lipinski definition) is 10. The number of hydrogen-bond donors (Lipinski definition) is 10. The van der Waals surface area contributed by atoms with E-state index in [0.717, 1.165) is 0 Å². The molecule has 20 nitrogen and oxygen atoms in total. The highest BCUT2D eigenvalue weighted by Crippen LogP contribution is 2.11. The molecule has 3 rings (SSSR count). The Morgan fingerprint density at radius 2 is 0.534 bits per heavy atom. The third kappa shape index (κ3) is 21.3. The Morgan fingerprint density at radius 3 is 0.931 bits per heavy atom. The van der Waals surface area contributed by atoms with Gasteiger partial charge < -0.3 is 53.2 Å². The van der Waals surface area contributed by atoms with Crippen LogP contribution >= 0.6 is 0 Å². The predicted octanol–water partition coefficient (Wildman–Crippen LogP) is -2.31. The summed E-state index contributed by atoms with van der Waals surface area (Å²) in [6.07, 6.45) is 2.69. The van der Waals surface area contributed by atoms with Crippen molar-refractivity contribution in [3.63, 3.8) is 0 Å². The predicted molar refractivity (Wildman–Crippen MR) is 209 cm³/mol. The van der Waals surface area contributed by atoms with Gasteiger partial charge in [-0.15, -0.1) is 0 Å². The van der Waals surface area contributed by atoms with Crippen molar-refractivity contribution < 1.29 is 47.9 Å². The van der Waals surface area contributed by atoms with Gasteiger partial charge in [-0.25, -0.2) is 0 Å². The monoisotopic (exact) mass is 818 g/mol. The van der Waals surface area contributed by atoms with Gasteiger partial charge >= 0.3 is 0 Å². The molecule has 0 saturated carbocycles. The Hall–Kier alpha value is -5.30. The zero-order chi connectivity index (χ0) is 42.1. The summed E-state index contributed by atoms with van der Waals surface area (Å²) in [5.41, 5.74) is 0. The standard InChI is InChI=1S/C38H62N10O10/c49-29-9-7-28-24-38(58)48-26(22-36(56)44-18-12-32(52)42-20-14-34(54)46-28)6-2-4-16-40-30(50)10-8-27-23-37(57)47-25(5-1-3-15-39-29)21-35(55)43-17-11-31(51)41-19-13-33(53)45-27/h25-28H,1-24H2,(H,39,49)(H,40,50)(H,41,51)(H,42,52)(H,43,55)(H,44,56)(H,45,53)(H,46,54)(H,47,57)(H,48,58)/t25-,26-,27-,28-/m0/s1. The van der Waals surface area contributed by atoms with Gasteiger partial charge in [-0.2, -0.15) is 0 Å². The molecule has 324 valence electrons. The lowest BCUT2D eigenvalue weighted by atomic mass is 10.0. The highest BCUT2D eigenvalue weighted by atomic mass is 16.2. The normalized spacial score (nSPS) is 26.7. The molecule has 0 radical (unpaired) electrons. The SMILES string of the molecule is O=C1CCNC(=O)C[C@@H]2CCCCNC(=O)CC[C@H]3CC(=O)N[C@@H](CCCCNC(=O)CC[C@@H](CC(=O)N2)NC(=O)CCN1)CC(=O)NCCC(=O)NCCC(=O)N3. The molecule has 0 spiro atoms. The Kier molecular flexibility index (Phi) is 21.6. The molecule has 20 heteroatoms. The van der Waals surface area contributed by atoms with E-state index in [-0.39, 0.29) is 152 Å². The van der Waals surface area contributed by atoms with Crippen molar-refractivity contribution in [3.05, 3.63) is 0 Å². The van der Waals surface area contributed by atoms with Crippen LogP contribution in [-0.4, -0.2) is 123 Å². The van der Waals surface area contributed by atoms with Crippen LogP contribution in [0.2, 0.25) is 0 Å². The molecule has 0 unspecified atom stereocenters. The van der Waals surface area contributed by atoms with Gasteiger partial charge in [0.05, 0.1) is 0 Å². The van der Waals surface area contributed by atoms with Gasteiger partial charge in [-0.05, 0) is 51.4 Å². The molecule has 0 aromatic carbocycles. The van der Waals surface area contributed by atoms with Crippen molar-refractivity contribution >= 4 is 59.1 Å². The van der Waals surface area contributed by atoms with Crippen molar-refractivity contribution in [3.8, 4) is 0 Å². The third-order valence-electron chi connectivity index (χ3n) is 9.93. The molecule has 4 bridgehead atoms. The lowest BCUT2D eigenvalue weighted by Crippen LogP contribution is -2.45. The van der Waals surface area contributed by atoms with Crippen LogP contribution in [0.4, 0.5) is 0 Å². The summed E-state index contributed by atoms with van der Waals surface area (Å²) in [5.74, 6) is -3.56. The second kappa shape index (κ2) is 26.6. The van der Waals surface area contributed by atoms with E-state index in [0.29, 0.717) is 38.5 Å². The lowest BCUT2D eigenvalue weighted by Gasteiger charge is -2.23. The molecule has 10 N–H and O–H groups in total. The largest absolute Gasteiger partial charge is 0.356 e. The fraction of sp³-hybridized carbons (Fsp3) is 0.737. The van der Waals surface area contributed by atoms with Crippen LogP contribution in [0.5, 0.6) is 0 Å². The molecular formula is C38H62N10O10. The van der Waals surface area contributed by atoms with E-state index in [4.69, 9.17) is 0 Å². The molecule has 0 aromatic heterocycles. The van der Waals surface area contributed by atoms with Crippen LogP contribution < -0.4 is 53.2 Å². The number of amides is 10. The summed E-state index contributed by atoms with van der Waals surface area (Å²) in [4.78, 5) is 128. The Labute approximate surface area is 338 Å². The number of rotatable bonds is 0. The van der Waals surface area contributed by atoms with E-state index in [1.54, 1.807) is 0 Å². The summed E-state index contributed by atoms with van der Waals surface area (Å²) < 4.78 is 0.